The van der Waals surface area contributed by atoms with Crippen LogP contribution in [0.15, 0.2) is 22.7 Å². The summed E-state index contributed by atoms with van der Waals surface area (Å²) in [6.07, 6.45) is -0.340. The van der Waals surface area contributed by atoms with E-state index in [1.54, 1.807) is 18.2 Å². The fraction of sp³-hybridized carbons (Fsp3) is 0.364. The standard InChI is InChI=1S/C11H11BrFNO4S/c1-18-9-3-7(12)2-8(4-9)14-6-10(5-11(14)15)19(13,16)17/h2-4,10H,5-6H2,1H3. The van der Waals surface area contributed by atoms with E-state index >= 15 is 0 Å². The highest BCUT2D eigenvalue weighted by Gasteiger charge is 2.39. The quantitative estimate of drug-likeness (QED) is 0.779. The molecule has 0 bridgehead atoms. The number of hydrogen-bond donors (Lipinski definition) is 0. The molecule has 1 saturated heterocycles. The molecule has 0 N–H and O–H groups in total. The summed E-state index contributed by atoms with van der Waals surface area (Å²) < 4.78 is 40.4. The lowest BCUT2D eigenvalue weighted by Gasteiger charge is -2.17. The van der Waals surface area contributed by atoms with Crippen LogP contribution in [0, 0.1) is 0 Å². The van der Waals surface area contributed by atoms with Gasteiger partial charge in [-0.3, -0.25) is 4.79 Å². The third-order valence-electron chi connectivity index (χ3n) is 2.89. The molecule has 19 heavy (non-hydrogen) atoms. The molecular weight excluding hydrogens is 341 g/mol. The number of ether oxygens (including phenoxy) is 1. The third kappa shape index (κ3) is 3.06. The Balaban J connectivity index is 2.33. The Bertz CT molecular complexity index is 619. The number of hydrogen-bond acceptors (Lipinski definition) is 4. The molecule has 104 valence electrons. The lowest BCUT2D eigenvalue weighted by Crippen LogP contribution is -2.26. The normalized spacial score (nSPS) is 19.8. The zero-order chi connectivity index (χ0) is 14.2. The zero-order valence-electron chi connectivity index (χ0n) is 9.97. The van der Waals surface area contributed by atoms with Crippen LogP contribution in [0.1, 0.15) is 6.42 Å². The first-order valence-corrected chi connectivity index (χ1v) is 7.63. The predicted octanol–water partition coefficient (Wildman–Crippen LogP) is 1.86. The van der Waals surface area contributed by atoms with Crippen molar-refractivity contribution in [3.8, 4) is 5.75 Å². The summed E-state index contributed by atoms with van der Waals surface area (Å²) in [6, 6.07) is 4.94. The fourth-order valence-electron chi connectivity index (χ4n) is 1.93. The van der Waals surface area contributed by atoms with Crippen LogP contribution in [0.4, 0.5) is 9.57 Å². The summed E-state index contributed by atoms with van der Waals surface area (Å²) in [4.78, 5) is 13.0. The van der Waals surface area contributed by atoms with Gasteiger partial charge in [0.25, 0.3) is 0 Å². The average Bonchev–Trinajstić information content (AvgIpc) is 2.70. The van der Waals surface area contributed by atoms with Crippen LogP contribution in [0.5, 0.6) is 5.75 Å². The molecular formula is C11H11BrFNO4S. The van der Waals surface area contributed by atoms with Crippen molar-refractivity contribution in [2.45, 2.75) is 11.7 Å². The lowest BCUT2D eigenvalue weighted by molar-refractivity contribution is -0.117. The van der Waals surface area contributed by atoms with Crippen LogP contribution in [0.25, 0.3) is 0 Å². The van der Waals surface area contributed by atoms with Crippen molar-refractivity contribution in [1.82, 2.24) is 0 Å². The molecule has 0 aliphatic carbocycles. The molecule has 5 nitrogen and oxygen atoms in total. The van der Waals surface area contributed by atoms with Crippen molar-refractivity contribution >= 4 is 37.7 Å². The minimum atomic E-state index is -4.71. The molecule has 2 rings (SSSR count). The second kappa shape index (κ2) is 5.09. The second-order valence-electron chi connectivity index (χ2n) is 4.16. The smallest absolute Gasteiger partial charge is 0.307 e. The maximum Gasteiger partial charge on any atom is 0.307 e. The summed E-state index contributed by atoms with van der Waals surface area (Å²) >= 11 is 3.27. The maximum atomic E-state index is 12.9. The minimum absolute atomic E-state index is 0.183. The molecule has 1 fully saturated rings. The van der Waals surface area contributed by atoms with Gasteiger partial charge in [-0.15, -0.1) is 3.89 Å². The summed E-state index contributed by atoms with van der Waals surface area (Å²) in [6.45, 7) is -0.183. The van der Waals surface area contributed by atoms with E-state index in [1.807, 2.05) is 0 Å². The van der Waals surface area contributed by atoms with Crippen molar-refractivity contribution in [2.24, 2.45) is 0 Å². The van der Waals surface area contributed by atoms with Gasteiger partial charge in [0.1, 0.15) is 11.0 Å². The minimum Gasteiger partial charge on any atom is -0.497 e. The average molecular weight is 352 g/mol. The highest BCUT2D eigenvalue weighted by Crippen LogP contribution is 2.31. The molecule has 1 unspecified atom stereocenters. The third-order valence-corrected chi connectivity index (χ3v) is 4.46. The number of carbonyl (C=O) groups excluding carboxylic acids is 1. The fourth-order valence-corrected chi connectivity index (χ4v) is 3.06. The van der Waals surface area contributed by atoms with E-state index in [2.05, 4.69) is 15.9 Å². The number of amides is 1. The number of anilines is 1. The van der Waals surface area contributed by atoms with E-state index in [0.29, 0.717) is 15.9 Å². The number of benzene rings is 1. The van der Waals surface area contributed by atoms with Gasteiger partial charge in [-0.2, -0.15) is 8.42 Å². The van der Waals surface area contributed by atoms with Crippen molar-refractivity contribution in [1.29, 1.82) is 0 Å². The molecule has 1 amide bonds. The molecule has 0 saturated carbocycles. The van der Waals surface area contributed by atoms with Crippen LogP contribution in [0.3, 0.4) is 0 Å². The SMILES string of the molecule is COc1cc(Br)cc(N2CC(S(=O)(=O)F)CC2=O)c1. The van der Waals surface area contributed by atoms with Crippen molar-refractivity contribution in [2.75, 3.05) is 18.6 Å². The van der Waals surface area contributed by atoms with Gasteiger partial charge in [-0.1, -0.05) is 15.9 Å². The molecule has 1 aliphatic rings. The summed E-state index contributed by atoms with van der Waals surface area (Å²) in [5.74, 6) is 0.0927. The predicted molar refractivity (Wildman–Crippen MR) is 71.5 cm³/mol. The Morgan fingerprint density at radius 2 is 2.11 bits per heavy atom. The van der Waals surface area contributed by atoms with E-state index < -0.39 is 21.4 Å². The van der Waals surface area contributed by atoms with Crippen LogP contribution in [-0.4, -0.2) is 33.2 Å². The second-order valence-corrected chi connectivity index (χ2v) is 6.69. The number of nitrogens with zero attached hydrogens (tertiary/aromatic N) is 1. The number of rotatable bonds is 3. The van der Waals surface area contributed by atoms with Crippen LogP contribution < -0.4 is 9.64 Å². The van der Waals surface area contributed by atoms with Crippen LogP contribution >= 0.6 is 15.9 Å². The van der Waals surface area contributed by atoms with E-state index in [4.69, 9.17) is 4.74 Å². The number of carbonyl (C=O) groups is 1. The first kappa shape index (κ1) is 14.3. The van der Waals surface area contributed by atoms with Crippen molar-refractivity contribution in [3.63, 3.8) is 0 Å². The summed E-state index contributed by atoms with van der Waals surface area (Å²) in [5.41, 5.74) is 0.474. The molecule has 1 atom stereocenters. The van der Waals surface area contributed by atoms with Gasteiger partial charge in [0, 0.05) is 29.2 Å². The largest absolute Gasteiger partial charge is 0.497 e. The monoisotopic (exact) mass is 351 g/mol. The molecule has 0 spiro atoms. The Hall–Kier alpha value is -1.15. The molecule has 0 aromatic heterocycles. The Morgan fingerprint density at radius 3 is 2.63 bits per heavy atom. The first-order chi connectivity index (χ1) is 8.81. The summed E-state index contributed by atoms with van der Waals surface area (Å²) in [7, 11) is -3.23. The van der Waals surface area contributed by atoms with E-state index in [0.717, 1.165) is 0 Å². The van der Waals surface area contributed by atoms with Gasteiger partial charge < -0.3 is 9.64 Å². The van der Waals surface area contributed by atoms with Gasteiger partial charge in [0.15, 0.2) is 0 Å². The molecule has 1 aliphatic heterocycles. The van der Waals surface area contributed by atoms with Crippen molar-refractivity contribution in [3.05, 3.63) is 22.7 Å². The highest BCUT2D eigenvalue weighted by atomic mass is 79.9. The Kier molecular flexibility index (Phi) is 3.82. The first-order valence-electron chi connectivity index (χ1n) is 5.39. The van der Waals surface area contributed by atoms with Gasteiger partial charge in [-0.05, 0) is 12.1 Å². The number of halogens is 2. The van der Waals surface area contributed by atoms with Gasteiger partial charge >= 0.3 is 10.2 Å². The van der Waals surface area contributed by atoms with Gasteiger partial charge in [0.2, 0.25) is 5.91 Å². The molecule has 1 heterocycles. The summed E-state index contributed by atoms with van der Waals surface area (Å²) in [5, 5.41) is -1.30. The van der Waals surface area contributed by atoms with E-state index in [9.17, 15) is 17.1 Å². The topological polar surface area (TPSA) is 63.7 Å². The van der Waals surface area contributed by atoms with E-state index in [-0.39, 0.29) is 13.0 Å². The Morgan fingerprint density at radius 1 is 1.42 bits per heavy atom. The Labute approximate surface area is 118 Å². The highest BCUT2D eigenvalue weighted by molar-refractivity contribution is 9.10. The maximum absolute atomic E-state index is 12.9. The van der Waals surface area contributed by atoms with Gasteiger partial charge in [-0.25, -0.2) is 0 Å². The molecule has 0 radical (unpaired) electrons. The van der Waals surface area contributed by atoms with Gasteiger partial charge in [0.05, 0.1) is 7.11 Å². The molecule has 1 aromatic carbocycles. The zero-order valence-corrected chi connectivity index (χ0v) is 12.4. The van der Waals surface area contributed by atoms with Crippen molar-refractivity contribution < 1.29 is 21.8 Å². The molecule has 8 heteroatoms. The van der Waals surface area contributed by atoms with Crippen LogP contribution in [0.2, 0.25) is 0 Å². The van der Waals surface area contributed by atoms with E-state index in [1.165, 1.54) is 12.0 Å². The lowest BCUT2D eigenvalue weighted by atomic mass is 10.3. The number of methoxy groups -OCH3 is 1. The van der Waals surface area contributed by atoms with Crippen LogP contribution in [-0.2, 0) is 15.0 Å². The molecule has 1 aromatic rings.